The molecule has 4 bridgehead atoms. The topological polar surface area (TPSA) is 17.1 Å². The van der Waals surface area contributed by atoms with E-state index in [9.17, 15) is 4.79 Å². The number of Topliss-reactive ketones (excluding diaryl/α,β-unsaturated/α-hetero) is 1. The molecule has 0 amide bonds. The van der Waals surface area contributed by atoms with Gasteiger partial charge in [0.25, 0.3) is 0 Å². The van der Waals surface area contributed by atoms with Gasteiger partial charge in [-0.2, -0.15) is 0 Å². The number of carbonyl (C=O) groups is 1. The fourth-order valence-electron chi connectivity index (χ4n) is 5.66. The number of rotatable bonds is 2. The molecule has 96 valence electrons. The Morgan fingerprint density at radius 2 is 2.00 bits per heavy atom. The van der Waals surface area contributed by atoms with E-state index in [0.717, 1.165) is 23.1 Å². The van der Waals surface area contributed by atoms with Gasteiger partial charge in [-0.05, 0) is 67.2 Å². The van der Waals surface area contributed by atoms with Crippen molar-refractivity contribution in [3.8, 4) is 0 Å². The second-order valence-electron chi connectivity index (χ2n) is 7.36. The molecule has 4 fully saturated rings. The Kier molecular flexibility index (Phi) is 2.16. The van der Waals surface area contributed by atoms with Gasteiger partial charge in [-0.1, -0.05) is 13.0 Å². The maximum atomic E-state index is 12.9. The average molecular weight is 260 g/mol. The summed E-state index contributed by atoms with van der Waals surface area (Å²) in [5.41, 5.74) is 0.487. The van der Waals surface area contributed by atoms with Crippen molar-refractivity contribution < 1.29 is 4.79 Å². The summed E-state index contributed by atoms with van der Waals surface area (Å²) >= 11 is 1.63. The van der Waals surface area contributed by atoms with Crippen molar-refractivity contribution in [2.75, 3.05) is 0 Å². The van der Waals surface area contributed by atoms with Gasteiger partial charge in [0, 0.05) is 5.41 Å². The van der Waals surface area contributed by atoms with Crippen LogP contribution in [-0.2, 0) is 0 Å². The van der Waals surface area contributed by atoms with Crippen LogP contribution in [0.5, 0.6) is 0 Å². The zero-order chi connectivity index (χ0) is 12.4. The minimum Gasteiger partial charge on any atom is -0.293 e. The lowest BCUT2D eigenvalue weighted by molar-refractivity contribution is -0.0819. The van der Waals surface area contributed by atoms with E-state index in [4.69, 9.17) is 0 Å². The maximum absolute atomic E-state index is 12.9. The fourth-order valence-corrected chi connectivity index (χ4v) is 6.44. The molecule has 0 saturated heterocycles. The normalized spacial score (nSPS) is 45.4. The van der Waals surface area contributed by atoms with E-state index in [1.807, 2.05) is 17.5 Å². The van der Waals surface area contributed by atoms with Gasteiger partial charge in [-0.25, -0.2) is 0 Å². The number of carbonyl (C=O) groups excluding carboxylic acids is 1. The summed E-state index contributed by atoms with van der Waals surface area (Å²) in [7, 11) is 0. The second-order valence-corrected chi connectivity index (χ2v) is 8.31. The van der Waals surface area contributed by atoms with Gasteiger partial charge in [0.05, 0.1) is 4.88 Å². The van der Waals surface area contributed by atoms with Gasteiger partial charge < -0.3 is 0 Å². The molecule has 1 aromatic rings. The first-order valence-electron chi connectivity index (χ1n) is 7.17. The lowest BCUT2D eigenvalue weighted by Crippen LogP contribution is -2.53. The lowest BCUT2D eigenvalue weighted by Gasteiger charge is -2.60. The fraction of sp³-hybridized carbons (Fsp3) is 0.688. The first-order valence-corrected chi connectivity index (χ1v) is 8.05. The molecule has 1 nitrogen and oxygen atoms in total. The van der Waals surface area contributed by atoms with Crippen LogP contribution >= 0.6 is 11.3 Å². The van der Waals surface area contributed by atoms with Gasteiger partial charge in [0.15, 0.2) is 5.78 Å². The van der Waals surface area contributed by atoms with Crippen molar-refractivity contribution in [2.45, 2.75) is 45.4 Å². The molecule has 4 aliphatic rings. The summed E-state index contributed by atoms with van der Waals surface area (Å²) in [5.74, 6) is 2.14. The van der Waals surface area contributed by atoms with E-state index in [1.165, 1.54) is 32.1 Å². The van der Waals surface area contributed by atoms with E-state index in [2.05, 4.69) is 6.92 Å². The van der Waals surface area contributed by atoms with Crippen LogP contribution in [-0.4, -0.2) is 5.78 Å². The molecule has 4 saturated carbocycles. The Bertz CT molecular complexity index is 473. The zero-order valence-corrected chi connectivity index (χ0v) is 11.8. The van der Waals surface area contributed by atoms with E-state index in [0.29, 0.717) is 11.2 Å². The van der Waals surface area contributed by atoms with E-state index in [1.54, 1.807) is 11.3 Å². The highest BCUT2D eigenvalue weighted by Crippen LogP contribution is 2.65. The standard InChI is InChI=1S/C16H20OS/c1-15-6-11-5-12(7-15)9-16(8-11,10-15)14(17)13-3-2-4-18-13/h2-4,11-12H,5-10H2,1H3. The van der Waals surface area contributed by atoms with Crippen molar-refractivity contribution in [3.05, 3.63) is 22.4 Å². The summed E-state index contributed by atoms with van der Waals surface area (Å²) in [6.07, 6.45) is 7.66. The van der Waals surface area contributed by atoms with Crippen LogP contribution in [0.25, 0.3) is 0 Å². The number of hydrogen-bond donors (Lipinski definition) is 0. The number of hydrogen-bond acceptors (Lipinski definition) is 2. The van der Waals surface area contributed by atoms with Crippen LogP contribution in [0.15, 0.2) is 17.5 Å². The van der Waals surface area contributed by atoms with Gasteiger partial charge >= 0.3 is 0 Å². The van der Waals surface area contributed by atoms with Crippen molar-refractivity contribution in [3.63, 3.8) is 0 Å². The van der Waals surface area contributed by atoms with Crippen LogP contribution in [0.4, 0.5) is 0 Å². The highest BCUT2D eigenvalue weighted by molar-refractivity contribution is 7.12. The summed E-state index contributed by atoms with van der Waals surface area (Å²) in [4.78, 5) is 13.9. The minimum absolute atomic E-state index is 0.0175. The quantitative estimate of drug-likeness (QED) is 0.714. The van der Waals surface area contributed by atoms with Crippen molar-refractivity contribution >= 4 is 17.1 Å². The van der Waals surface area contributed by atoms with Crippen molar-refractivity contribution in [1.29, 1.82) is 0 Å². The van der Waals surface area contributed by atoms with E-state index < -0.39 is 0 Å². The van der Waals surface area contributed by atoms with Crippen LogP contribution in [0.2, 0.25) is 0 Å². The smallest absolute Gasteiger partial charge is 0.178 e. The SMILES string of the molecule is CC12CC3CC(C1)CC(C(=O)c1cccs1)(C3)C2. The molecule has 0 spiro atoms. The Morgan fingerprint density at radius 1 is 1.28 bits per heavy atom. The number of ketones is 1. The van der Waals surface area contributed by atoms with Gasteiger partial charge in [0.1, 0.15) is 0 Å². The predicted molar refractivity (Wildman–Crippen MR) is 73.9 cm³/mol. The summed E-state index contributed by atoms with van der Waals surface area (Å²) in [5, 5.41) is 2.04. The molecule has 4 aliphatic carbocycles. The van der Waals surface area contributed by atoms with Gasteiger partial charge in [0.2, 0.25) is 0 Å². The summed E-state index contributed by atoms with van der Waals surface area (Å²) < 4.78 is 0. The summed E-state index contributed by atoms with van der Waals surface area (Å²) in [6, 6.07) is 4.04. The first kappa shape index (κ1) is 11.2. The van der Waals surface area contributed by atoms with Gasteiger partial charge in [-0.15, -0.1) is 11.3 Å². The molecule has 0 N–H and O–H groups in total. The third-order valence-electron chi connectivity index (χ3n) is 5.58. The molecule has 2 heteroatoms. The lowest BCUT2D eigenvalue weighted by atomic mass is 9.44. The highest BCUT2D eigenvalue weighted by atomic mass is 32.1. The van der Waals surface area contributed by atoms with Crippen LogP contribution < -0.4 is 0 Å². The average Bonchev–Trinajstić information content (AvgIpc) is 2.77. The molecular weight excluding hydrogens is 240 g/mol. The third kappa shape index (κ3) is 1.48. The molecule has 2 atom stereocenters. The van der Waals surface area contributed by atoms with Crippen molar-refractivity contribution in [1.82, 2.24) is 0 Å². The largest absolute Gasteiger partial charge is 0.293 e. The maximum Gasteiger partial charge on any atom is 0.178 e. The Balaban J connectivity index is 1.73. The van der Waals surface area contributed by atoms with Crippen LogP contribution in [0.3, 0.4) is 0 Å². The van der Waals surface area contributed by atoms with E-state index >= 15 is 0 Å². The molecule has 1 aromatic heterocycles. The molecule has 2 unspecified atom stereocenters. The van der Waals surface area contributed by atoms with E-state index in [-0.39, 0.29) is 5.41 Å². The molecule has 0 radical (unpaired) electrons. The molecule has 5 rings (SSSR count). The predicted octanol–water partition coefficient (Wildman–Crippen LogP) is 4.54. The first-order chi connectivity index (χ1) is 8.59. The Hall–Kier alpha value is -0.630. The summed E-state index contributed by atoms with van der Waals surface area (Å²) in [6.45, 7) is 2.43. The molecule has 0 aliphatic heterocycles. The van der Waals surface area contributed by atoms with Crippen LogP contribution in [0.1, 0.15) is 55.1 Å². The van der Waals surface area contributed by atoms with Crippen LogP contribution in [0, 0.1) is 22.7 Å². The van der Waals surface area contributed by atoms with Crippen molar-refractivity contribution in [2.24, 2.45) is 22.7 Å². The molecule has 18 heavy (non-hydrogen) atoms. The third-order valence-corrected chi connectivity index (χ3v) is 6.45. The monoisotopic (exact) mass is 260 g/mol. The molecule has 1 heterocycles. The number of thiophene rings is 1. The Morgan fingerprint density at radius 3 is 2.56 bits per heavy atom. The molecular formula is C16H20OS. The second kappa shape index (κ2) is 3.47. The Labute approximate surface area is 113 Å². The minimum atomic E-state index is 0.0175. The van der Waals surface area contributed by atoms with Gasteiger partial charge in [-0.3, -0.25) is 4.79 Å². The molecule has 0 aromatic carbocycles. The zero-order valence-electron chi connectivity index (χ0n) is 10.9. The highest BCUT2D eigenvalue weighted by Gasteiger charge is 2.58.